The Morgan fingerprint density at radius 3 is 2.54 bits per heavy atom. The fourth-order valence-electron chi connectivity index (χ4n) is 3.28. The third kappa shape index (κ3) is 4.94. The molecule has 1 saturated carbocycles. The lowest BCUT2D eigenvalue weighted by atomic mass is 9.85. The molecule has 0 unspecified atom stereocenters. The van der Waals surface area contributed by atoms with Crippen LogP contribution in [0.25, 0.3) is 0 Å². The molecule has 1 aliphatic rings. The van der Waals surface area contributed by atoms with Crippen molar-refractivity contribution >= 4 is 39.2 Å². The Kier molecular flexibility index (Phi) is 6.08. The molecule has 0 spiro atoms. The lowest BCUT2D eigenvalue weighted by Gasteiger charge is -2.30. The number of nitrogens with zero attached hydrogens (tertiary/aromatic N) is 3. The van der Waals surface area contributed by atoms with Crippen molar-refractivity contribution in [3.8, 4) is 0 Å². The minimum absolute atomic E-state index is 0.155. The highest BCUT2D eigenvalue weighted by molar-refractivity contribution is 9.10. The largest absolute Gasteiger partial charge is 0.367 e. The second-order valence-corrected chi connectivity index (χ2v) is 7.77. The lowest BCUT2D eigenvalue weighted by Crippen LogP contribution is -2.35. The second kappa shape index (κ2) is 8.49. The van der Waals surface area contributed by atoms with Crippen LogP contribution in [0.5, 0.6) is 0 Å². The zero-order valence-electron chi connectivity index (χ0n) is 15.1. The minimum atomic E-state index is 0.155. The Hall–Kier alpha value is -2.15. The van der Waals surface area contributed by atoms with Crippen LogP contribution in [0.2, 0.25) is 0 Å². The van der Waals surface area contributed by atoms with Crippen molar-refractivity contribution in [1.82, 2.24) is 14.9 Å². The average molecular weight is 418 g/mol. The van der Waals surface area contributed by atoms with Gasteiger partial charge in [0.15, 0.2) is 0 Å². The summed E-state index contributed by atoms with van der Waals surface area (Å²) >= 11 is 3.47. The van der Waals surface area contributed by atoms with E-state index in [2.05, 4.69) is 36.5 Å². The number of carbonyl (C=O) groups is 1. The van der Waals surface area contributed by atoms with Crippen LogP contribution in [0.4, 0.5) is 17.3 Å². The van der Waals surface area contributed by atoms with Crippen molar-refractivity contribution in [3.05, 3.63) is 41.1 Å². The maximum atomic E-state index is 12.1. The van der Waals surface area contributed by atoms with Gasteiger partial charge in [0.1, 0.15) is 18.0 Å². The van der Waals surface area contributed by atoms with Crippen molar-refractivity contribution in [2.45, 2.75) is 31.7 Å². The number of halogens is 1. The molecule has 1 fully saturated rings. The molecule has 7 heteroatoms. The van der Waals surface area contributed by atoms with Crippen LogP contribution in [0.15, 0.2) is 41.1 Å². The zero-order chi connectivity index (χ0) is 18.5. The average Bonchev–Trinajstić information content (AvgIpc) is 2.62. The molecule has 138 valence electrons. The molecule has 6 nitrogen and oxygen atoms in total. The van der Waals surface area contributed by atoms with E-state index in [0.29, 0.717) is 6.04 Å². The summed E-state index contributed by atoms with van der Waals surface area (Å²) in [5, 5.41) is 6.77. The topological polar surface area (TPSA) is 70.2 Å². The van der Waals surface area contributed by atoms with Gasteiger partial charge < -0.3 is 15.5 Å². The van der Waals surface area contributed by atoms with E-state index in [4.69, 9.17) is 0 Å². The molecule has 2 aromatic rings. The Balaban J connectivity index is 1.57. The number of anilines is 3. The van der Waals surface area contributed by atoms with E-state index in [0.717, 1.165) is 47.5 Å². The van der Waals surface area contributed by atoms with Gasteiger partial charge in [-0.1, -0.05) is 22.0 Å². The predicted molar refractivity (Wildman–Crippen MR) is 108 cm³/mol. The number of amides is 1. The molecule has 0 radical (unpaired) electrons. The maximum Gasteiger partial charge on any atom is 0.225 e. The highest BCUT2D eigenvalue weighted by atomic mass is 79.9. The maximum absolute atomic E-state index is 12.1. The van der Waals surface area contributed by atoms with E-state index < -0.39 is 0 Å². The van der Waals surface area contributed by atoms with Gasteiger partial charge in [0, 0.05) is 42.3 Å². The molecule has 1 aliphatic carbocycles. The van der Waals surface area contributed by atoms with E-state index in [1.54, 1.807) is 11.2 Å². The first kappa shape index (κ1) is 18.6. The first-order chi connectivity index (χ1) is 12.5. The van der Waals surface area contributed by atoms with Crippen LogP contribution in [-0.2, 0) is 4.79 Å². The molecule has 0 atom stereocenters. The van der Waals surface area contributed by atoms with E-state index in [1.165, 1.54) is 0 Å². The third-order valence-corrected chi connectivity index (χ3v) is 5.13. The van der Waals surface area contributed by atoms with Gasteiger partial charge in [-0.3, -0.25) is 4.79 Å². The smallest absolute Gasteiger partial charge is 0.225 e. The number of hydrogen-bond acceptors (Lipinski definition) is 5. The molecule has 1 amide bonds. The summed E-state index contributed by atoms with van der Waals surface area (Å²) < 4.78 is 1.01. The SMILES string of the molecule is CN(C)C(=O)C1CCC(Nc2cc(Nc3cccc(Br)c3)ncn2)CC1. The highest BCUT2D eigenvalue weighted by Crippen LogP contribution is 2.28. The lowest BCUT2D eigenvalue weighted by molar-refractivity contribution is -0.133. The Morgan fingerprint density at radius 2 is 1.85 bits per heavy atom. The molecular formula is C19H24BrN5O. The number of hydrogen-bond donors (Lipinski definition) is 2. The first-order valence-electron chi connectivity index (χ1n) is 8.83. The summed E-state index contributed by atoms with van der Waals surface area (Å²) in [6.45, 7) is 0. The quantitative estimate of drug-likeness (QED) is 0.767. The summed E-state index contributed by atoms with van der Waals surface area (Å²) in [7, 11) is 3.65. The zero-order valence-corrected chi connectivity index (χ0v) is 16.7. The van der Waals surface area contributed by atoms with Crippen molar-refractivity contribution in [1.29, 1.82) is 0 Å². The summed E-state index contributed by atoms with van der Waals surface area (Å²) in [6, 6.07) is 10.2. The van der Waals surface area contributed by atoms with Crippen LogP contribution < -0.4 is 10.6 Å². The molecule has 0 bridgehead atoms. The number of aromatic nitrogens is 2. The Bertz CT molecular complexity index is 759. The predicted octanol–water partition coefficient (Wildman–Crippen LogP) is 4.04. The normalized spacial score (nSPS) is 19.7. The molecule has 0 saturated heterocycles. The number of rotatable bonds is 5. The van der Waals surface area contributed by atoms with Crippen LogP contribution >= 0.6 is 15.9 Å². The van der Waals surface area contributed by atoms with E-state index in [9.17, 15) is 4.79 Å². The second-order valence-electron chi connectivity index (χ2n) is 6.85. The molecular weight excluding hydrogens is 394 g/mol. The van der Waals surface area contributed by atoms with Gasteiger partial charge in [0.25, 0.3) is 0 Å². The molecule has 1 aromatic carbocycles. The van der Waals surface area contributed by atoms with Crippen LogP contribution in [0, 0.1) is 5.92 Å². The molecule has 2 N–H and O–H groups in total. The van der Waals surface area contributed by atoms with Gasteiger partial charge in [0.2, 0.25) is 5.91 Å². The molecule has 1 aromatic heterocycles. The molecule has 1 heterocycles. The van der Waals surface area contributed by atoms with Gasteiger partial charge in [-0.25, -0.2) is 9.97 Å². The van der Waals surface area contributed by atoms with Gasteiger partial charge in [-0.15, -0.1) is 0 Å². The molecule has 26 heavy (non-hydrogen) atoms. The van der Waals surface area contributed by atoms with Crippen molar-refractivity contribution in [2.75, 3.05) is 24.7 Å². The van der Waals surface area contributed by atoms with Gasteiger partial charge >= 0.3 is 0 Å². The monoisotopic (exact) mass is 417 g/mol. The fraction of sp³-hybridized carbons (Fsp3) is 0.421. The van der Waals surface area contributed by atoms with Gasteiger partial charge in [-0.05, 0) is 43.9 Å². The third-order valence-electron chi connectivity index (χ3n) is 4.63. The van der Waals surface area contributed by atoms with Crippen LogP contribution in [0.1, 0.15) is 25.7 Å². The minimum Gasteiger partial charge on any atom is -0.367 e. The number of carbonyl (C=O) groups excluding carboxylic acids is 1. The van der Waals surface area contributed by atoms with Crippen LogP contribution in [-0.4, -0.2) is 40.9 Å². The van der Waals surface area contributed by atoms with E-state index in [1.807, 2.05) is 44.4 Å². The molecule has 3 rings (SSSR count). The van der Waals surface area contributed by atoms with E-state index >= 15 is 0 Å². The Labute approximate surface area is 162 Å². The van der Waals surface area contributed by atoms with Crippen molar-refractivity contribution in [3.63, 3.8) is 0 Å². The van der Waals surface area contributed by atoms with Crippen molar-refractivity contribution < 1.29 is 4.79 Å². The highest BCUT2D eigenvalue weighted by Gasteiger charge is 2.27. The first-order valence-corrected chi connectivity index (χ1v) is 9.63. The fourth-order valence-corrected chi connectivity index (χ4v) is 3.68. The van der Waals surface area contributed by atoms with Gasteiger partial charge in [0.05, 0.1) is 0 Å². The number of benzene rings is 1. The summed E-state index contributed by atoms with van der Waals surface area (Å²) in [5.74, 6) is 1.95. The van der Waals surface area contributed by atoms with Gasteiger partial charge in [-0.2, -0.15) is 0 Å². The Morgan fingerprint density at radius 1 is 1.12 bits per heavy atom. The number of nitrogens with one attached hydrogen (secondary N) is 2. The van der Waals surface area contributed by atoms with Crippen LogP contribution in [0.3, 0.4) is 0 Å². The van der Waals surface area contributed by atoms with E-state index in [-0.39, 0.29) is 11.8 Å². The summed E-state index contributed by atoms with van der Waals surface area (Å²) in [6.07, 6.45) is 5.35. The summed E-state index contributed by atoms with van der Waals surface area (Å²) in [4.78, 5) is 22.4. The standard InChI is InChI=1S/C19H24BrN5O/c1-25(2)19(26)13-6-8-15(9-7-13)23-17-11-18(22-12-21-17)24-16-5-3-4-14(20)10-16/h3-5,10-13,15H,6-9H2,1-2H3,(H2,21,22,23,24). The molecule has 0 aliphatic heterocycles. The van der Waals surface area contributed by atoms with Crippen molar-refractivity contribution in [2.24, 2.45) is 5.92 Å². The summed E-state index contributed by atoms with van der Waals surface area (Å²) in [5.41, 5.74) is 0.965.